The number of rotatable bonds is 11. The zero-order valence-corrected chi connectivity index (χ0v) is 20.9. The molecule has 0 aliphatic heterocycles. The summed E-state index contributed by atoms with van der Waals surface area (Å²) in [5.74, 6) is 0.892. The van der Waals surface area contributed by atoms with Crippen molar-refractivity contribution in [1.82, 2.24) is 10.6 Å². The van der Waals surface area contributed by atoms with Crippen LogP contribution in [-0.2, 0) is 19.1 Å². The summed E-state index contributed by atoms with van der Waals surface area (Å²) < 4.78 is 5.14. The van der Waals surface area contributed by atoms with Crippen molar-refractivity contribution in [2.45, 2.75) is 106 Å². The topological polar surface area (TPSA) is 84.5 Å². The molecule has 0 saturated heterocycles. The maximum atomic E-state index is 11.3. The fourth-order valence-corrected chi connectivity index (χ4v) is 2.88. The molecule has 180 valence electrons. The van der Waals surface area contributed by atoms with Gasteiger partial charge in [-0.1, -0.05) is 53.9 Å². The molecule has 0 atom stereocenters. The van der Waals surface area contributed by atoms with E-state index in [4.69, 9.17) is 4.74 Å². The molecule has 0 unspecified atom stereocenters. The van der Waals surface area contributed by atoms with Gasteiger partial charge >= 0.3 is 0 Å². The smallest absolute Gasteiger partial charge is 0.220 e. The minimum absolute atomic E-state index is 0.000372. The quantitative estimate of drug-likeness (QED) is 0.450. The van der Waals surface area contributed by atoms with E-state index in [9.17, 15) is 14.4 Å². The zero-order chi connectivity index (χ0) is 23.6. The molecule has 1 fully saturated rings. The van der Waals surface area contributed by atoms with E-state index in [-0.39, 0.29) is 11.8 Å². The average molecular weight is 431 g/mol. The molecule has 0 heterocycles. The SMILES string of the molecule is CC.CC.CCC(=O)C1CCCCC1.CCOCCCNC(=O)CCCC(=O)NC. The highest BCUT2D eigenvalue weighted by Crippen LogP contribution is 2.24. The Bertz CT molecular complexity index is 395. The predicted octanol–water partition coefficient (Wildman–Crippen LogP) is 5.04. The molecule has 1 aliphatic carbocycles. The lowest BCUT2D eigenvalue weighted by Crippen LogP contribution is -2.25. The second-order valence-electron chi connectivity index (χ2n) is 6.58. The molecule has 6 heteroatoms. The van der Waals surface area contributed by atoms with Gasteiger partial charge in [-0.05, 0) is 32.6 Å². The van der Waals surface area contributed by atoms with E-state index in [0.717, 1.165) is 25.7 Å². The summed E-state index contributed by atoms with van der Waals surface area (Å²) in [6.07, 6.45) is 9.18. The van der Waals surface area contributed by atoms with Crippen LogP contribution >= 0.6 is 0 Å². The highest BCUT2D eigenvalue weighted by Gasteiger charge is 2.18. The second kappa shape index (κ2) is 27.6. The summed E-state index contributed by atoms with van der Waals surface area (Å²) in [7, 11) is 1.59. The van der Waals surface area contributed by atoms with Crippen molar-refractivity contribution < 1.29 is 19.1 Å². The van der Waals surface area contributed by atoms with Gasteiger partial charge in [0.15, 0.2) is 0 Å². The fraction of sp³-hybridized carbons (Fsp3) is 0.875. The lowest BCUT2D eigenvalue weighted by molar-refractivity contribution is -0.124. The first-order chi connectivity index (χ1) is 14.5. The summed E-state index contributed by atoms with van der Waals surface area (Å²) in [6, 6.07) is 0. The van der Waals surface area contributed by atoms with Crippen LogP contribution < -0.4 is 10.6 Å². The molecule has 0 aromatic rings. The first-order valence-electron chi connectivity index (χ1n) is 12.1. The highest BCUT2D eigenvalue weighted by atomic mass is 16.5. The van der Waals surface area contributed by atoms with Crippen LogP contribution in [0.3, 0.4) is 0 Å². The Morgan fingerprint density at radius 2 is 1.43 bits per heavy atom. The van der Waals surface area contributed by atoms with Crippen molar-refractivity contribution in [3.05, 3.63) is 0 Å². The third kappa shape index (κ3) is 22.9. The number of hydrogen-bond donors (Lipinski definition) is 2. The number of amides is 2. The molecule has 2 N–H and O–H groups in total. The van der Waals surface area contributed by atoms with Crippen LogP contribution in [0.2, 0.25) is 0 Å². The van der Waals surface area contributed by atoms with Gasteiger partial charge in [0.05, 0.1) is 0 Å². The second-order valence-corrected chi connectivity index (χ2v) is 6.58. The third-order valence-corrected chi connectivity index (χ3v) is 4.49. The van der Waals surface area contributed by atoms with Crippen LogP contribution in [0.15, 0.2) is 0 Å². The minimum Gasteiger partial charge on any atom is -0.382 e. The Labute approximate surface area is 186 Å². The molecule has 1 rings (SSSR count). The zero-order valence-electron chi connectivity index (χ0n) is 20.9. The molecule has 0 bridgehead atoms. The van der Waals surface area contributed by atoms with Gasteiger partial charge in [0, 0.05) is 52.0 Å². The summed E-state index contributed by atoms with van der Waals surface area (Å²) in [5, 5.41) is 5.30. The molecule has 2 amide bonds. The van der Waals surface area contributed by atoms with Gasteiger partial charge in [0.25, 0.3) is 0 Å². The monoisotopic (exact) mass is 430 g/mol. The number of nitrogens with one attached hydrogen (secondary N) is 2. The van der Waals surface area contributed by atoms with Crippen molar-refractivity contribution in [2.75, 3.05) is 26.8 Å². The predicted molar refractivity (Wildman–Crippen MR) is 127 cm³/mol. The molecular formula is C24H50N2O4. The summed E-state index contributed by atoms with van der Waals surface area (Å²) in [5.41, 5.74) is 0. The van der Waals surface area contributed by atoms with Crippen molar-refractivity contribution in [2.24, 2.45) is 5.92 Å². The Morgan fingerprint density at radius 3 is 1.93 bits per heavy atom. The summed E-state index contributed by atoms with van der Waals surface area (Å²) >= 11 is 0. The Morgan fingerprint density at radius 1 is 0.867 bits per heavy atom. The molecule has 0 aromatic carbocycles. The van der Waals surface area contributed by atoms with Crippen LogP contribution in [0.4, 0.5) is 0 Å². The van der Waals surface area contributed by atoms with E-state index in [2.05, 4.69) is 10.6 Å². The van der Waals surface area contributed by atoms with Crippen LogP contribution in [0.1, 0.15) is 106 Å². The van der Waals surface area contributed by atoms with Gasteiger partial charge in [-0.2, -0.15) is 0 Å². The Kier molecular flexibility index (Phi) is 30.5. The minimum atomic E-state index is -0.0239. The third-order valence-electron chi connectivity index (χ3n) is 4.49. The first kappa shape index (κ1) is 33.2. The van der Waals surface area contributed by atoms with Gasteiger partial charge in [-0.15, -0.1) is 0 Å². The number of ketones is 1. The van der Waals surface area contributed by atoms with E-state index in [0.29, 0.717) is 50.7 Å². The number of carbonyl (C=O) groups is 3. The maximum absolute atomic E-state index is 11.3. The lowest BCUT2D eigenvalue weighted by Gasteiger charge is -2.19. The van der Waals surface area contributed by atoms with Crippen molar-refractivity contribution in [3.8, 4) is 0 Å². The van der Waals surface area contributed by atoms with Gasteiger partial charge < -0.3 is 15.4 Å². The molecule has 6 nitrogen and oxygen atoms in total. The maximum Gasteiger partial charge on any atom is 0.220 e. The standard InChI is InChI=1S/C11H22N2O3.C9H16O.2C2H6/c1-3-16-9-5-8-13-11(15)7-4-6-10(14)12-2;1-2-9(10)8-6-4-3-5-7-8;2*1-2/h3-9H2,1-2H3,(H,12,14)(H,13,15);8H,2-7H2,1H3;2*1-2H3. The lowest BCUT2D eigenvalue weighted by atomic mass is 9.85. The molecule has 0 spiro atoms. The number of hydrogen-bond acceptors (Lipinski definition) is 4. The van der Waals surface area contributed by atoms with Gasteiger partial charge in [0.1, 0.15) is 5.78 Å². The molecule has 1 aliphatic rings. The van der Waals surface area contributed by atoms with Gasteiger partial charge in [-0.25, -0.2) is 0 Å². The van der Waals surface area contributed by atoms with E-state index in [1.807, 2.05) is 41.5 Å². The molecule has 1 saturated carbocycles. The number of ether oxygens (including phenoxy) is 1. The number of carbonyl (C=O) groups excluding carboxylic acids is 3. The van der Waals surface area contributed by atoms with Crippen LogP contribution in [0, 0.1) is 5.92 Å². The van der Waals surface area contributed by atoms with Crippen LogP contribution in [-0.4, -0.2) is 44.4 Å². The summed E-state index contributed by atoms with van der Waals surface area (Å²) in [6.45, 7) is 13.9. The van der Waals surface area contributed by atoms with Crippen molar-refractivity contribution in [1.29, 1.82) is 0 Å². The van der Waals surface area contributed by atoms with E-state index < -0.39 is 0 Å². The highest BCUT2D eigenvalue weighted by molar-refractivity contribution is 5.80. The molecular weight excluding hydrogens is 380 g/mol. The van der Waals surface area contributed by atoms with Gasteiger partial charge in [-0.3, -0.25) is 14.4 Å². The summed E-state index contributed by atoms with van der Waals surface area (Å²) in [4.78, 5) is 33.3. The Hall–Kier alpha value is -1.43. The van der Waals surface area contributed by atoms with Crippen LogP contribution in [0.5, 0.6) is 0 Å². The Balaban J connectivity index is -0.000000444. The first-order valence-corrected chi connectivity index (χ1v) is 12.1. The largest absolute Gasteiger partial charge is 0.382 e. The van der Waals surface area contributed by atoms with Crippen molar-refractivity contribution in [3.63, 3.8) is 0 Å². The van der Waals surface area contributed by atoms with E-state index in [1.165, 1.54) is 19.3 Å². The van der Waals surface area contributed by atoms with E-state index in [1.54, 1.807) is 7.05 Å². The average Bonchev–Trinajstić information content (AvgIpc) is 2.81. The fourth-order valence-electron chi connectivity index (χ4n) is 2.88. The van der Waals surface area contributed by atoms with Crippen molar-refractivity contribution >= 4 is 17.6 Å². The number of Topliss-reactive ketones (excluding diaryl/α,β-unsaturated/α-hetero) is 1. The molecule has 30 heavy (non-hydrogen) atoms. The molecule has 0 aromatic heterocycles. The van der Waals surface area contributed by atoms with Crippen LogP contribution in [0.25, 0.3) is 0 Å². The van der Waals surface area contributed by atoms with Gasteiger partial charge in [0.2, 0.25) is 11.8 Å². The normalized spacial score (nSPS) is 12.6. The molecule has 0 radical (unpaired) electrons. The van der Waals surface area contributed by atoms with E-state index >= 15 is 0 Å².